The van der Waals surface area contributed by atoms with E-state index in [1.165, 1.54) is 0 Å². The summed E-state index contributed by atoms with van der Waals surface area (Å²) in [4.78, 5) is 11.0. The standard InChI is InChI=1S/C9H17F3N2O/c1-7(2)5-14-8(15)3-4-13-6-9(10,11)12/h7,13H,3-6H2,1-2H3,(H,14,15). The first-order valence-corrected chi connectivity index (χ1v) is 4.85. The van der Waals surface area contributed by atoms with E-state index in [0.29, 0.717) is 12.5 Å². The van der Waals surface area contributed by atoms with Gasteiger partial charge in [0.1, 0.15) is 0 Å². The molecule has 0 saturated carbocycles. The van der Waals surface area contributed by atoms with Crippen LogP contribution in [0.15, 0.2) is 0 Å². The van der Waals surface area contributed by atoms with Crippen LogP contribution in [0, 0.1) is 5.92 Å². The van der Waals surface area contributed by atoms with Crippen LogP contribution >= 0.6 is 0 Å². The van der Waals surface area contributed by atoms with Crippen LogP contribution in [0.3, 0.4) is 0 Å². The van der Waals surface area contributed by atoms with E-state index < -0.39 is 12.7 Å². The lowest BCUT2D eigenvalue weighted by molar-refractivity contribution is -0.127. The molecule has 0 unspecified atom stereocenters. The predicted molar refractivity (Wildman–Crippen MR) is 51.4 cm³/mol. The topological polar surface area (TPSA) is 41.1 Å². The molecule has 0 rings (SSSR count). The summed E-state index contributed by atoms with van der Waals surface area (Å²) in [6, 6.07) is 0. The van der Waals surface area contributed by atoms with Crippen molar-refractivity contribution >= 4 is 5.91 Å². The molecular formula is C9H17F3N2O. The number of hydrogen-bond donors (Lipinski definition) is 2. The van der Waals surface area contributed by atoms with Crippen molar-refractivity contribution < 1.29 is 18.0 Å². The maximum absolute atomic E-state index is 11.7. The van der Waals surface area contributed by atoms with Crippen molar-refractivity contribution in [2.75, 3.05) is 19.6 Å². The van der Waals surface area contributed by atoms with Crippen LogP contribution in [-0.4, -0.2) is 31.7 Å². The highest BCUT2D eigenvalue weighted by Crippen LogP contribution is 2.11. The Kier molecular flexibility index (Phi) is 6.31. The number of nitrogens with one attached hydrogen (secondary N) is 2. The van der Waals surface area contributed by atoms with Gasteiger partial charge >= 0.3 is 6.18 Å². The summed E-state index contributed by atoms with van der Waals surface area (Å²) >= 11 is 0. The van der Waals surface area contributed by atoms with Gasteiger partial charge in [-0.1, -0.05) is 13.8 Å². The zero-order chi connectivity index (χ0) is 11.9. The molecule has 0 aromatic carbocycles. The summed E-state index contributed by atoms with van der Waals surface area (Å²) in [5, 5.41) is 4.78. The van der Waals surface area contributed by atoms with Crippen molar-refractivity contribution in [2.24, 2.45) is 5.92 Å². The third-order valence-electron chi connectivity index (χ3n) is 1.56. The minimum absolute atomic E-state index is 0.0451. The lowest BCUT2D eigenvalue weighted by atomic mass is 10.2. The molecule has 6 heteroatoms. The Morgan fingerprint density at radius 3 is 2.40 bits per heavy atom. The second-order valence-electron chi connectivity index (χ2n) is 3.74. The summed E-state index contributed by atoms with van der Waals surface area (Å²) in [5.74, 6) is 0.121. The number of rotatable bonds is 6. The summed E-state index contributed by atoms with van der Waals surface area (Å²) in [5.41, 5.74) is 0. The normalized spacial score (nSPS) is 11.9. The Labute approximate surface area is 87.4 Å². The van der Waals surface area contributed by atoms with Crippen molar-refractivity contribution in [3.8, 4) is 0 Å². The van der Waals surface area contributed by atoms with E-state index in [4.69, 9.17) is 0 Å². The van der Waals surface area contributed by atoms with E-state index in [1.807, 2.05) is 13.8 Å². The fraction of sp³-hybridized carbons (Fsp3) is 0.889. The van der Waals surface area contributed by atoms with Gasteiger partial charge in [-0.15, -0.1) is 0 Å². The van der Waals surface area contributed by atoms with Crippen LogP contribution in [0.5, 0.6) is 0 Å². The number of carbonyl (C=O) groups is 1. The number of hydrogen-bond acceptors (Lipinski definition) is 2. The molecule has 0 heterocycles. The molecule has 0 saturated heterocycles. The molecule has 0 aromatic rings. The van der Waals surface area contributed by atoms with Crippen molar-refractivity contribution in [2.45, 2.75) is 26.4 Å². The van der Waals surface area contributed by atoms with Crippen LogP contribution in [0.25, 0.3) is 0 Å². The van der Waals surface area contributed by atoms with Gasteiger partial charge in [0, 0.05) is 19.5 Å². The van der Waals surface area contributed by atoms with Crippen molar-refractivity contribution in [1.29, 1.82) is 0 Å². The van der Waals surface area contributed by atoms with E-state index in [-0.39, 0.29) is 18.9 Å². The average Bonchev–Trinajstić information content (AvgIpc) is 2.07. The Morgan fingerprint density at radius 1 is 1.33 bits per heavy atom. The molecule has 15 heavy (non-hydrogen) atoms. The quantitative estimate of drug-likeness (QED) is 0.670. The van der Waals surface area contributed by atoms with Crippen LogP contribution in [0.4, 0.5) is 13.2 Å². The van der Waals surface area contributed by atoms with E-state index in [1.54, 1.807) is 0 Å². The van der Waals surface area contributed by atoms with Gasteiger partial charge in [0.2, 0.25) is 5.91 Å². The molecule has 3 nitrogen and oxygen atoms in total. The highest BCUT2D eigenvalue weighted by molar-refractivity contribution is 5.76. The molecule has 0 radical (unpaired) electrons. The first-order chi connectivity index (χ1) is 6.81. The number of alkyl halides is 3. The Morgan fingerprint density at radius 2 is 1.93 bits per heavy atom. The van der Waals surface area contributed by atoms with Gasteiger partial charge in [0.15, 0.2) is 0 Å². The molecule has 0 aliphatic rings. The Bertz CT molecular complexity index is 192. The van der Waals surface area contributed by atoms with Gasteiger partial charge in [-0.3, -0.25) is 4.79 Å². The van der Waals surface area contributed by atoms with Crippen molar-refractivity contribution in [1.82, 2.24) is 10.6 Å². The monoisotopic (exact) mass is 226 g/mol. The molecule has 90 valence electrons. The molecule has 0 spiro atoms. The van der Waals surface area contributed by atoms with Gasteiger partial charge in [0.05, 0.1) is 6.54 Å². The largest absolute Gasteiger partial charge is 0.401 e. The second-order valence-corrected chi connectivity index (χ2v) is 3.74. The Balaban J connectivity index is 3.40. The third-order valence-corrected chi connectivity index (χ3v) is 1.56. The number of amides is 1. The maximum atomic E-state index is 11.7. The van der Waals surface area contributed by atoms with Crippen LogP contribution in [0.1, 0.15) is 20.3 Å². The van der Waals surface area contributed by atoms with E-state index in [9.17, 15) is 18.0 Å². The smallest absolute Gasteiger partial charge is 0.356 e. The van der Waals surface area contributed by atoms with Crippen molar-refractivity contribution in [3.63, 3.8) is 0 Å². The Hall–Kier alpha value is -0.780. The summed E-state index contributed by atoms with van der Waals surface area (Å²) in [6.07, 6.45) is -4.14. The zero-order valence-corrected chi connectivity index (χ0v) is 8.95. The predicted octanol–water partition coefficient (Wildman–Crippen LogP) is 1.30. The lowest BCUT2D eigenvalue weighted by Gasteiger charge is -2.09. The van der Waals surface area contributed by atoms with Gasteiger partial charge < -0.3 is 10.6 Å². The lowest BCUT2D eigenvalue weighted by Crippen LogP contribution is -2.33. The number of carbonyl (C=O) groups excluding carboxylic acids is 1. The molecule has 2 N–H and O–H groups in total. The summed E-state index contributed by atoms with van der Waals surface area (Å²) in [7, 11) is 0. The third kappa shape index (κ3) is 11.1. The second kappa shape index (κ2) is 6.66. The first-order valence-electron chi connectivity index (χ1n) is 4.85. The van der Waals surface area contributed by atoms with E-state index in [0.717, 1.165) is 0 Å². The van der Waals surface area contributed by atoms with Crippen LogP contribution in [-0.2, 0) is 4.79 Å². The fourth-order valence-corrected chi connectivity index (χ4v) is 0.838. The molecule has 0 bridgehead atoms. The summed E-state index contributed by atoms with van der Waals surface area (Å²) in [6.45, 7) is 3.44. The van der Waals surface area contributed by atoms with Gasteiger partial charge in [-0.05, 0) is 5.92 Å². The average molecular weight is 226 g/mol. The molecule has 0 fully saturated rings. The van der Waals surface area contributed by atoms with Gasteiger partial charge in [0.25, 0.3) is 0 Å². The molecule has 0 aliphatic carbocycles. The summed E-state index contributed by atoms with van der Waals surface area (Å²) < 4.78 is 35.0. The minimum Gasteiger partial charge on any atom is -0.356 e. The minimum atomic E-state index is -4.21. The van der Waals surface area contributed by atoms with E-state index in [2.05, 4.69) is 10.6 Å². The van der Waals surface area contributed by atoms with Gasteiger partial charge in [-0.25, -0.2) is 0 Å². The maximum Gasteiger partial charge on any atom is 0.401 e. The molecule has 0 atom stereocenters. The SMILES string of the molecule is CC(C)CNC(=O)CCNCC(F)(F)F. The highest BCUT2D eigenvalue weighted by Gasteiger charge is 2.25. The highest BCUT2D eigenvalue weighted by atomic mass is 19.4. The van der Waals surface area contributed by atoms with E-state index >= 15 is 0 Å². The van der Waals surface area contributed by atoms with Crippen molar-refractivity contribution in [3.05, 3.63) is 0 Å². The van der Waals surface area contributed by atoms with Gasteiger partial charge in [-0.2, -0.15) is 13.2 Å². The molecular weight excluding hydrogens is 209 g/mol. The molecule has 1 amide bonds. The van der Waals surface area contributed by atoms with Crippen LogP contribution in [0.2, 0.25) is 0 Å². The first kappa shape index (κ1) is 14.2. The molecule has 0 aromatic heterocycles. The molecule has 0 aliphatic heterocycles. The fourth-order valence-electron chi connectivity index (χ4n) is 0.838. The van der Waals surface area contributed by atoms with Crippen LogP contribution < -0.4 is 10.6 Å². The number of halogens is 3. The zero-order valence-electron chi connectivity index (χ0n) is 8.95.